The molecule has 2 bridgehead atoms. The second kappa shape index (κ2) is 16.8. The number of cyclic esters (lactones) is 1. The van der Waals surface area contributed by atoms with E-state index in [1.807, 2.05) is 65.6 Å². The van der Waals surface area contributed by atoms with E-state index >= 15 is 0 Å². The zero-order valence-electron chi connectivity index (χ0n) is 34.3. The average molecular weight is 766 g/mol. The number of carbonyl (C=O) groups is 2. The van der Waals surface area contributed by atoms with E-state index < -0.39 is 77.6 Å². The average Bonchev–Trinajstić information content (AvgIpc) is 3.64. The number of ether oxygens (including phenoxy) is 5. The van der Waals surface area contributed by atoms with E-state index in [-0.39, 0.29) is 36.2 Å². The molecule has 1 aromatic heterocycles. The molecule has 4 aliphatic rings. The van der Waals surface area contributed by atoms with Gasteiger partial charge in [0.2, 0.25) is 0 Å². The molecule has 4 saturated heterocycles. The maximum Gasteiger partial charge on any atom is 0.311 e. The summed E-state index contributed by atoms with van der Waals surface area (Å²) in [6.45, 7) is 16.2. The highest BCUT2D eigenvalue weighted by Crippen LogP contribution is 2.48. The van der Waals surface area contributed by atoms with Crippen LogP contribution in [-0.4, -0.2) is 155 Å². The number of hydrogen-bond acceptors (Lipinski definition) is 13. The molecule has 0 aromatic carbocycles. The number of fused-ring (bicyclic) bond motifs is 3. The number of likely N-dealkylation sites (tertiary alicyclic amines) is 1. The lowest BCUT2D eigenvalue weighted by Crippen LogP contribution is -2.60. The van der Waals surface area contributed by atoms with Crippen molar-refractivity contribution in [1.82, 2.24) is 14.7 Å². The van der Waals surface area contributed by atoms with Crippen molar-refractivity contribution in [3.63, 3.8) is 0 Å². The van der Waals surface area contributed by atoms with E-state index in [1.165, 1.54) is 13.2 Å². The third kappa shape index (κ3) is 8.72. The highest BCUT2D eigenvalue weighted by atomic mass is 16.7. The molecule has 0 aliphatic carbocycles. The smallest absolute Gasteiger partial charge is 0.311 e. The number of aliphatic hydroxyl groups is 3. The van der Waals surface area contributed by atoms with Crippen molar-refractivity contribution in [1.29, 1.82) is 0 Å². The Morgan fingerprint density at radius 1 is 1.09 bits per heavy atom. The Morgan fingerprint density at radius 2 is 1.76 bits per heavy atom. The molecule has 14 heteroatoms. The van der Waals surface area contributed by atoms with E-state index in [2.05, 4.69) is 6.92 Å². The summed E-state index contributed by atoms with van der Waals surface area (Å²) in [5.41, 5.74) is -2.80. The summed E-state index contributed by atoms with van der Waals surface area (Å²) in [7, 11) is 5.76. The van der Waals surface area contributed by atoms with Gasteiger partial charge in [-0.05, 0) is 93.1 Å². The number of esters is 1. The van der Waals surface area contributed by atoms with Gasteiger partial charge in [0.1, 0.15) is 23.9 Å². The molecule has 0 saturated carbocycles. The van der Waals surface area contributed by atoms with E-state index in [9.17, 15) is 24.9 Å². The van der Waals surface area contributed by atoms with Crippen molar-refractivity contribution in [2.75, 3.05) is 40.8 Å². The molecule has 1 aromatic rings. The van der Waals surface area contributed by atoms with Crippen LogP contribution in [-0.2, 0) is 28.5 Å². The molecular formula is C40H67N3O11. The largest absolute Gasteiger partial charge is 0.459 e. The third-order valence-electron chi connectivity index (χ3n) is 12.7. The van der Waals surface area contributed by atoms with Crippen LogP contribution in [0, 0.1) is 17.8 Å². The molecule has 14 nitrogen and oxygen atoms in total. The SMILES string of the molecule is CC[C@H]1OC(=O)[C@H](C)[C@H]2OC3(CCN(C(=O)c4ccco4)CC3)O[C@](C)(C[C@@H](C)CN(C)[C@H](C)[C@@H](O)[C@]1(C)O)[C@H](O[C@@H]1O[C@H](C)C[C@H](N(C)C)[C@H]1O)[C@H]2C. The number of carbonyl (C=O) groups excluding carboxylic acids is 2. The standard InChI is InChI=1S/C40H67N3O11/c1-12-30-39(8,48)33(45)27(6)42(11)22-23(2)21-38(7)34(52-37-31(44)28(41(9)10)20-24(3)50-37)25(4)32(26(5)36(47)51-30)53-40(54-38)15-17-43(18-16-40)35(46)29-14-13-19-49-29/h13-14,19,23-28,30-34,37,44-45,48H,12,15-18,20-22H2,1-11H3/t23-,24-,25+,26-,27-,28+,30-,31-,32+,33-,34-,37+,38-,39-/m1/s1. The summed E-state index contributed by atoms with van der Waals surface area (Å²) in [6.07, 6.45) is -2.43. The quantitative estimate of drug-likeness (QED) is 0.375. The number of amides is 1. The number of nitrogens with zero attached hydrogens (tertiary/aromatic N) is 3. The Hall–Kier alpha value is -2.14. The number of rotatable bonds is 5. The molecule has 4 aliphatic heterocycles. The number of furan rings is 1. The number of piperidine rings is 1. The molecule has 0 radical (unpaired) electrons. The van der Waals surface area contributed by atoms with Crippen molar-refractivity contribution in [3.8, 4) is 0 Å². The van der Waals surface area contributed by atoms with E-state index in [0.29, 0.717) is 45.3 Å². The highest BCUT2D eigenvalue weighted by Gasteiger charge is 2.58. The van der Waals surface area contributed by atoms with Gasteiger partial charge in [0, 0.05) is 50.5 Å². The molecule has 0 unspecified atom stereocenters. The first-order valence-corrected chi connectivity index (χ1v) is 19.9. The predicted octanol–water partition coefficient (Wildman–Crippen LogP) is 3.26. The minimum absolute atomic E-state index is 0.0276. The Bertz CT molecular complexity index is 1400. The zero-order chi connectivity index (χ0) is 39.9. The monoisotopic (exact) mass is 765 g/mol. The number of aliphatic hydroxyl groups excluding tert-OH is 2. The summed E-state index contributed by atoms with van der Waals surface area (Å²) in [5.74, 6) is -3.16. The highest BCUT2D eigenvalue weighted by molar-refractivity contribution is 5.91. The fraction of sp³-hybridized carbons (Fsp3) is 0.850. The first kappa shape index (κ1) is 43.0. The Morgan fingerprint density at radius 3 is 2.35 bits per heavy atom. The van der Waals surface area contributed by atoms with E-state index in [4.69, 9.17) is 28.1 Å². The lowest BCUT2D eigenvalue weighted by atomic mass is 9.78. The Labute approximate surface area is 321 Å². The van der Waals surface area contributed by atoms with Crippen molar-refractivity contribution < 1.29 is 53.0 Å². The van der Waals surface area contributed by atoms with Crippen molar-refractivity contribution >= 4 is 11.9 Å². The van der Waals surface area contributed by atoms with Gasteiger partial charge in [-0.2, -0.15) is 0 Å². The second-order valence-corrected chi connectivity index (χ2v) is 17.4. The maximum absolute atomic E-state index is 14.3. The lowest BCUT2D eigenvalue weighted by Gasteiger charge is -2.49. The normalized spacial score (nSPS) is 43.0. The number of likely N-dealkylation sites (N-methyl/N-ethyl adjacent to an activating group) is 2. The van der Waals surface area contributed by atoms with E-state index in [0.717, 1.165) is 0 Å². The molecule has 54 heavy (non-hydrogen) atoms. The van der Waals surface area contributed by atoms with Crippen molar-refractivity contribution in [2.45, 2.75) is 159 Å². The second-order valence-electron chi connectivity index (χ2n) is 17.4. The van der Waals surface area contributed by atoms with Gasteiger partial charge in [-0.15, -0.1) is 0 Å². The minimum atomic E-state index is -1.74. The van der Waals surface area contributed by atoms with Gasteiger partial charge in [0.05, 0.1) is 36.1 Å². The lowest BCUT2D eigenvalue weighted by molar-refractivity contribution is -0.331. The van der Waals surface area contributed by atoms with Crippen LogP contribution in [0.5, 0.6) is 0 Å². The van der Waals surface area contributed by atoms with Crippen LogP contribution < -0.4 is 0 Å². The summed E-state index contributed by atoms with van der Waals surface area (Å²) in [5, 5.41) is 35.0. The minimum Gasteiger partial charge on any atom is -0.459 e. The molecule has 4 fully saturated rings. The van der Waals surface area contributed by atoms with Gasteiger partial charge in [0.25, 0.3) is 5.91 Å². The van der Waals surface area contributed by atoms with Gasteiger partial charge >= 0.3 is 5.97 Å². The summed E-state index contributed by atoms with van der Waals surface area (Å²) in [6, 6.07) is 2.63. The van der Waals surface area contributed by atoms with Crippen LogP contribution in [0.25, 0.3) is 0 Å². The van der Waals surface area contributed by atoms with Crippen LogP contribution in [0.4, 0.5) is 0 Å². The molecular weight excluding hydrogens is 698 g/mol. The molecule has 14 atom stereocenters. The fourth-order valence-corrected chi connectivity index (χ4v) is 9.53. The van der Waals surface area contributed by atoms with Gasteiger partial charge in [-0.25, -0.2) is 0 Å². The summed E-state index contributed by atoms with van der Waals surface area (Å²) >= 11 is 0. The molecule has 1 amide bonds. The summed E-state index contributed by atoms with van der Waals surface area (Å²) in [4.78, 5) is 33.3. The molecule has 5 heterocycles. The molecule has 3 N–H and O–H groups in total. The van der Waals surface area contributed by atoms with Crippen molar-refractivity contribution in [3.05, 3.63) is 24.2 Å². The van der Waals surface area contributed by atoms with Crippen molar-refractivity contribution in [2.24, 2.45) is 17.8 Å². The first-order chi connectivity index (χ1) is 25.2. The molecule has 1 spiro atoms. The third-order valence-corrected chi connectivity index (χ3v) is 12.7. The first-order valence-electron chi connectivity index (χ1n) is 19.9. The van der Waals surface area contributed by atoms with Gasteiger partial charge in [0.15, 0.2) is 17.8 Å². The summed E-state index contributed by atoms with van der Waals surface area (Å²) < 4.78 is 39.3. The van der Waals surface area contributed by atoms with Crippen LogP contribution in [0.15, 0.2) is 22.8 Å². The maximum atomic E-state index is 14.3. The van der Waals surface area contributed by atoms with Gasteiger partial charge < -0.3 is 58.1 Å². The molecule has 5 rings (SSSR count). The van der Waals surface area contributed by atoms with Crippen LogP contribution in [0.2, 0.25) is 0 Å². The molecule has 308 valence electrons. The zero-order valence-corrected chi connectivity index (χ0v) is 34.3. The topological polar surface area (TPSA) is 164 Å². The van der Waals surface area contributed by atoms with Gasteiger partial charge in [-0.1, -0.05) is 20.8 Å². The van der Waals surface area contributed by atoms with Gasteiger partial charge in [-0.3, -0.25) is 9.59 Å². The van der Waals surface area contributed by atoms with Crippen LogP contribution in [0.3, 0.4) is 0 Å². The Balaban J connectivity index is 1.60. The van der Waals surface area contributed by atoms with Crippen LogP contribution >= 0.6 is 0 Å². The Kier molecular flexibility index (Phi) is 13.3. The van der Waals surface area contributed by atoms with E-state index in [1.54, 1.807) is 24.0 Å². The predicted molar refractivity (Wildman–Crippen MR) is 199 cm³/mol. The number of hydrogen-bond donors (Lipinski definition) is 3. The van der Waals surface area contributed by atoms with Crippen LogP contribution in [0.1, 0.15) is 98.0 Å². The fourth-order valence-electron chi connectivity index (χ4n) is 9.53.